The van der Waals surface area contributed by atoms with E-state index in [4.69, 9.17) is 0 Å². The quantitative estimate of drug-likeness (QED) is 0.295. The zero-order valence-corrected chi connectivity index (χ0v) is 16.5. The number of benzene rings is 4. The Morgan fingerprint density at radius 1 is 0.467 bits per heavy atom. The first kappa shape index (κ1) is 16.9. The Kier molecular flexibility index (Phi) is 3.50. The largest absolute Gasteiger partial charge is 0.317 e. The normalized spacial score (nSPS) is 11.6. The van der Waals surface area contributed by atoms with Gasteiger partial charge in [-0.25, -0.2) is 0 Å². The molecule has 0 fully saturated rings. The second-order valence-electron chi connectivity index (χ2n) is 7.60. The highest BCUT2D eigenvalue weighted by atomic mass is 15.0. The van der Waals surface area contributed by atoms with Crippen LogP contribution in [0.2, 0.25) is 0 Å². The predicted octanol–water partition coefficient (Wildman–Crippen LogP) is 7.77. The zero-order chi connectivity index (χ0) is 20.2. The van der Waals surface area contributed by atoms with Crippen LogP contribution in [0.1, 0.15) is 0 Å². The summed E-state index contributed by atoms with van der Waals surface area (Å²) in [5, 5.41) is 4.99. The van der Waals surface area contributed by atoms with Crippen molar-refractivity contribution in [1.29, 1.82) is 0 Å². The van der Waals surface area contributed by atoms with E-state index in [0.717, 1.165) is 0 Å². The first-order valence-corrected chi connectivity index (χ1v) is 10.1. The molecule has 0 aliphatic carbocycles. The van der Waals surface area contributed by atoms with Crippen molar-refractivity contribution in [3.63, 3.8) is 0 Å². The molecule has 0 saturated carbocycles. The molecule has 2 nitrogen and oxygen atoms in total. The fraction of sp³-hybridized carbons (Fsp3) is 0. The van der Waals surface area contributed by atoms with E-state index in [9.17, 15) is 0 Å². The van der Waals surface area contributed by atoms with E-state index in [1.807, 2.05) is 12.4 Å². The van der Waals surface area contributed by atoms with Crippen LogP contribution in [0, 0.1) is 0 Å². The van der Waals surface area contributed by atoms with Crippen LogP contribution < -0.4 is 0 Å². The molecule has 0 spiro atoms. The van der Waals surface area contributed by atoms with Gasteiger partial charge in [-0.1, -0.05) is 61.7 Å². The number of aromatic nitrogens is 2. The minimum Gasteiger partial charge on any atom is -0.317 e. The van der Waals surface area contributed by atoms with Gasteiger partial charge in [0.25, 0.3) is 0 Å². The Bertz CT molecular complexity index is 1500. The number of para-hydroxylation sites is 2. The Labute approximate surface area is 174 Å². The molecular formula is C28H20N2. The molecule has 4 aromatic carbocycles. The van der Waals surface area contributed by atoms with E-state index >= 15 is 0 Å². The van der Waals surface area contributed by atoms with Gasteiger partial charge in [-0.05, 0) is 47.5 Å². The number of hydrogen-bond acceptors (Lipinski definition) is 0. The number of nitrogens with zero attached hydrogens (tertiary/aromatic N) is 2. The topological polar surface area (TPSA) is 9.86 Å². The summed E-state index contributed by atoms with van der Waals surface area (Å²) in [4.78, 5) is 0. The molecule has 2 heteroatoms. The Balaban J connectivity index is 1.64. The van der Waals surface area contributed by atoms with E-state index in [1.165, 1.54) is 54.7 Å². The molecule has 0 bridgehead atoms. The summed E-state index contributed by atoms with van der Waals surface area (Å²) in [6.45, 7) is 8.02. The second kappa shape index (κ2) is 6.23. The van der Waals surface area contributed by atoms with Crippen molar-refractivity contribution in [1.82, 2.24) is 9.13 Å². The van der Waals surface area contributed by atoms with E-state index in [1.54, 1.807) is 0 Å². The van der Waals surface area contributed by atoms with E-state index in [0.29, 0.717) is 0 Å². The minimum absolute atomic E-state index is 1.18. The van der Waals surface area contributed by atoms with Crippen molar-refractivity contribution in [3.05, 3.63) is 98.1 Å². The highest BCUT2D eigenvalue weighted by Gasteiger charge is 2.12. The number of rotatable bonds is 3. The van der Waals surface area contributed by atoms with Crippen LogP contribution in [-0.4, -0.2) is 9.13 Å². The SMILES string of the molecule is C=Cn1c2ccccc2c2cc(-c3ccc4c(c3)c3ccccc3n4C=C)ccc21. The van der Waals surface area contributed by atoms with E-state index in [-0.39, 0.29) is 0 Å². The third-order valence-corrected chi connectivity index (χ3v) is 6.12. The molecule has 6 rings (SSSR count). The maximum Gasteiger partial charge on any atom is 0.0535 e. The molecule has 0 atom stereocenters. The molecule has 0 unspecified atom stereocenters. The fourth-order valence-electron chi connectivity index (χ4n) is 4.76. The van der Waals surface area contributed by atoms with Gasteiger partial charge in [-0.15, -0.1) is 0 Å². The standard InChI is InChI=1S/C28H20N2/c1-3-29-25-11-7-5-9-21(25)23-17-19(13-15-27(23)29)20-14-16-28-24(18-20)22-10-6-8-12-26(22)30(28)4-2/h3-18H,1-2H2. The molecule has 0 amide bonds. The van der Waals surface area contributed by atoms with Crippen molar-refractivity contribution in [3.8, 4) is 11.1 Å². The summed E-state index contributed by atoms with van der Waals surface area (Å²) in [6.07, 6.45) is 3.78. The van der Waals surface area contributed by atoms with Crippen molar-refractivity contribution >= 4 is 56.0 Å². The van der Waals surface area contributed by atoms with Gasteiger partial charge in [0.05, 0.1) is 22.1 Å². The summed E-state index contributed by atoms with van der Waals surface area (Å²) in [7, 11) is 0. The Morgan fingerprint density at radius 2 is 0.867 bits per heavy atom. The molecule has 0 radical (unpaired) electrons. The van der Waals surface area contributed by atoms with Crippen LogP contribution in [0.25, 0.3) is 67.1 Å². The number of hydrogen-bond donors (Lipinski definition) is 0. The first-order chi connectivity index (χ1) is 14.8. The fourth-order valence-corrected chi connectivity index (χ4v) is 4.76. The highest BCUT2D eigenvalue weighted by molar-refractivity contribution is 6.12. The third-order valence-electron chi connectivity index (χ3n) is 6.12. The lowest BCUT2D eigenvalue weighted by Gasteiger charge is -2.05. The average molecular weight is 384 g/mol. The lowest BCUT2D eigenvalue weighted by atomic mass is 10.0. The summed E-state index contributed by atoms with van der Waals surface area (Å²) in [5.74, 6) is 0. The van der Waals surface area contributed by atoms with Crippen LogP contribution in [0.3, 0.4) is 0 Å². The molecule has 0 aliphatic heterocycles. The van der Waals surface area contributed by atoms with Crippen LogP contribution in [-0.2, 0) is 0 Å². The highest BCUT2D eigenvalue weighted by Crippen LogP contribution is 2.36. The van der Waals surface area contributed by atoms with E-state index < -0.39 is 0 Å². The zero-order valence-electron chi connectivity index (χ0n) is 16.5. The van der Waals surface area contributed by atoms with Gasteiger partial charge < -0.3 is 9.13 Å². The summed E-state index contributed by atoms with van der Waals surface area (Å²) < 4.78 is 4.32. The van der Waals surface area contributed by atoms with Gasteiger partial charge in [-0.3, -0.25) is 0 Å². The maximum atomic E-state index is 4.01. The molecule has 0 N–H and O–H groups in total. The van der Waals surface area contributed by atoms with Crippen LogP contribution in [0.4, 0.5) is 0 Å². The van der Waals surface area contributed by atoms with Gasteiger partial charge in [-0.2, -0.15) is 0 Å². The summed E-state index contributed by atoms with van der Waals surface area (Å²) in [5.41, 5.74) is 7.16. The molecule has 30 heavy (non-hydrogen) atoms. The lowest BCUT2D eigenvalue weighted by molar-refractivity contribution is 1.29. The Hall–Kier alpha value is -4.04. The van der Waals surface area contributed by atoms with Gasteiger partial charge >= 0.3 is 0 Å². The molecule has 6 aromatic rings. The van der Waals surface area contributed by atoms with E-state index in [2.05, 4.69) is 107 Å². The van der Waals surface area contributed by atoms with Crippen LogP contribution >= 0.6 is 0 Å². The summed E-state index contributed by atoms with van der Waals surface area (Å²) >= 11 is 0. The second-order valence-corrected chi connectivity index (χ2v) is 7.60. The monoisotopic (exact) mass is 384 g/mol. The molecule has 2 aromatic heterocycles. The first-order valence-electron chi connectivity index (χ1n) is 10.1. The van der Waals surface area contributed by atoms with Gasteiger partial charge in [0.15, 0.2) is 0 Å². The predicted molar refractivity (Wildman–Crippen MR) is 131 cm³/mol. The van der Waals surface area contributed by atoms with Crippen LogP contribution in [0.15, 0.2) is 98.1 Å². The smallest absolute Gasteiger partial charge is 0.0535 e. The minimum atomic E-state index is 1.18. The maximum absolute atomic E-state index is 4.01. The lowest BCUT2D eigenvalue weighted by Crippen LogP contribution is -1.85. The Morgan fingerprint density at radius 3 is 1.30 bits per heavy atom. The molecule has 142 valence electrons. The van der Waals surface area contributed by atoms with Crippen molar-refractivity contribution in [2.24, 2.45) is 0 Å². The van der Waals surface area contributed by atoms with Crippen molar-refractivity contribution in [2.45, 2.75) is 0 Å². The van der Waals surface area contributed by atoms with Gasteiger partial charge in [0.2, 0.25) is 0 Å². The molecule has 2 heterocycles. The van der Waals surface area contributed by atoms with Gasteiger partial charge in [0.1, 0.15) is 0 Å². The van der Waals surface area contributed by atoms with Gasteiger partial charge in [0, 0.05) is 33.9 Å². The molecule has 0 saturated heterocycles. The number of fused-ring (bicyclic) bond motifs is 6. The summed E-state index contributed by atoms with van der Waals surface area (Å²) in [6, 6.07) is 30.4. The third kappa shape index (κ3) is 2.19. The molecular weight excluding hydrogens is 364 g/mol. The molecule has 0 aliphatic rings. The van der Waals surface area contributed by atoms with Crippen molar-refractivity contribution in [2.75, 3.05) is 0 Å². The average Bonchev–Trinajstić information content (AvgIpc) is 3.30. The van der Waals surface area contributed by atoms with Crippen molar-refractivity contribution < 1.29 is 0 Å². The van der Waals surface area contributed by atoms with Crippen LogP contribution in [0.5, 0.6) is 0 Å².